The van der Waals surface area contributed by atoms with Crippen molar-refractivity contribution in [3.63, 3.8) is 0 Å². The number of carbonyl (C=O) groups excluding carboxylic acids is 1. The Hall–Kier alpha value is -4.08. The maximum atomic E-state index is 12.6. The Bertz CT molecular complexity index is 1240. The number of nitrogens with zero attached hydrogens (tertiary/aromatic N) is 4. The zero-order chi connectivity index (χ0) is 20.8. The first kappa shape index (κ1) is 17.8. The number of hydrogen-bond acceptors (Lipinski definition) is 8. The molecule has 6 rings (SSSR count). The van der Waals surface area contributed by atoms with Crippen LogP contribution in [-0.2, 0) is 11.3 Å². The van der Waals surface area contributed by atoms with Gasteiger partial charge < -0.3 is 23.3 Å². The number of benzene rings is 1. The number of fused-ring (bicyclic) bond motifs is 1. The molecular weight excluding hydrogens is 402 g/mol. The van der Waals surface area contributed by atoms with E-state index in [1.807, 2.05) is 24.3 Å². The molecule has 10 heteroatoms. The molecule has 1 amide bonds. The van der Waals surface area contributed by atoms with Gasteiger partial charge in [0.25, 0.3) is 5.89 Å². The molecule has 1 atom stereocenters. The van der Waals surface area contributed by atoms with Crippen molar-refractivity contribution in [2.75, 3.05) is 13.3 Å². The van der Waals surface area contributed by atoms with Crippen LogP contribution >= 0.6 is 0 Å². The Morgan fingerprint density at radius 3 is 3.00 bits per heavy atom. The number of H-pyrrole nitrogens is 1. The first-order chi connectivity index (χ1) is 15.2. The van der Waals surface area contributed by atoms with E-state index in [9.17, 15) is 4.79 Å². The van der Waals surface area contributed by atoms with Crippen LogP contribution in [0, 0.1) is 0 Å². The molecule has 10 nitrogen and oxygen atoms in total. The van der Waals surface area contributed by atoms with Crippen molar-refractivity contribution in [1.82, 2.24) is 25.2 Å². The van der Waals surface area contributed by atoms with Gasteiger partial charge in [0.2, 0.25) is 12.7 Å². The molecule has 31 heavy (non-hydrogen) atoms. The van der Waals surface area contributed by atoms with E-state index in [-0.39, 0.29) is 18.6 Å². The summed E-state index contributed by atoms with van der Waals surface area (Å²) in [6, 6.07) is 11.1. The van der Waals surface area contributed by atoms with Crippen LogP contribution in [0.2, 0.25) is 0 Å². The number of carbonyl (C=O) groups is 1. The number of likely N-dealkylation sites (tertiary alicyclic amines) is 1. The van der Waals surface area contributed by atoms with Crippen molar-refractivity contribution < 1.29 is 23.2 Å². The lowest BCUT2D eigenvalue weighted by Crippen LogP contribution is -2.24. The van der Waals surface area contributed by atoms with E-state index in [4.69, 9.17) is 18.4 Å². The van der Waals surface area contributed by atoms with Crippen LogP contribution in [0.4, 0.5) is 0 Å². The third-order valence-electron chi connectivity index (χ3n) is 5.41. The number of ether oxygens (including phenoxy) is 2. The summed E-state index contributed by atoms with van der Waals surface area (Å²) in [5, 5.41) is 11.2. The molecule has 0 spiro atoms. The van der Waals surface area contributed by atoms with Crippen LogP contribution in [-0.4, -0.2) is 44.5 Å². The van der Waals surface area contributed by atoms with Gasteiger partial charge in [0, 0.05) is 31.5 Å². The average Bonchev–Trinajstić information content (AvgIpc) is 3.58. The van der Waals surface area contributed by atoms with Crippen molar-refractivity contribution >= 4 is 5.91 Å². The highest BCUT2D eigenvalue weighted by Crippen LogP contribution is 2.34. The minimum atomic E-state index is -0.133. The van der Waals surface area contributed by atoms with E-state index >= 15 is 0 Å². The minimum Gasteiger partial charge on any atom is -0.463 e. The second-order valence-electron chi connectivity index (χ2n) is 7.46. The number of hydrogen-bond donors (Lipinski definition) is 1. The number of nitrogens with one attached hydrogen (secondary N) is 1. The fourth-order valence-electron chi connectivity index (χ4n) is 3.85. The van der Waals surface area contributed by atoms with Gasteiger partial charge in [-0.3, -0.25) is 9.89 Å². The first-order valence-electron chi connectivity index (χ1n) is 9.82. The molecule has 2 aliphatic heterocycles. The van der Waals surface area contributed by atoms with E-state index < -0.39 is 0 Å². The zero-order valence-electron chi connectivity index (χ0n) is 16.3. The second-order valence-corrected chi connectivity index (χ2v) is 7.46. The Labute approximate surface area is 175 Å². The lowest BCUT2D eigenvalue weighted by molar-refractivity contribution is -0.128. The summed E-state index contributed by atoms with van der Waals surface area (Å²) < 4.78 is 21.5. The molecule has 1 aromatic carbocycles. The second kappa shape index (κ2) is 7.01. The van der Waals surface area contributed by atoms with Crippen molar-refractivity contribution in [3.8, 4) is 34.5 Å². The monoisotopic (exact) mass is 419 g/mol. The van der Waals surface area contributed by atoms with Crippen LogP contribution in [0.15, 0.2) is 51.6 Å². The fraction of sp³-hybridized carbons (Fsp3) is 0.238. The highest BCUT2D eigenvalue weighted by molar-refractivity contribution is 5.79. The molecular formula is C21H17N5O5. The van der Waals surface area contributed by atoms with Gasteiger partial charge in [0.1, 0.15) is 11.4 Å². The molecule has 0 aliphatic carbocycles. The van der Waals surface area contributed by atoms with Crippen LogP contribution in [0.3, 0.4) is 0 Å². The van der Waals surface area contributed by atoms with Gasteiger partial charge in [0.05, 0.1) is 6.26 Å². The quantitative estimate of drug-likeness (QED) is 0.524. The van der Waals surface area contributed by atoms with E-state index in [1.165, 1.54) is 0 Å². The zero-order valence-corrected chi connectivity index (χ0v) is 16.3. The summed E-state index contributed by atoms with van der Waals surface area (Å²) in [5.41, 5.74) is 2.22. The molecule has 156 valence electrons. The normalized spacial score (nSPS) is 17.6. The first-order valence-corrected chi connectivity index (χ1v) is 9.82. The van der Waals surface area contributed by atoms with Crippen molar-refractivity contribution in [2.45, 2.75) is 18.9 Å². The molecule has 0 radical (unpaired) electrons. The number of aromatic nitrogens is 4. The van der Waals surface area contributed by atoms with Crippen LogP contribution in [0.25, 0.3) is 23.0 Å². The lowest BCUT2D eigenvalue weighted by Gasteiger charge is -2.16. The molecule has 5 heterocycles. The Kier molecular flexibility index (Phi) is 4.01. The number of aromatic amines is 1. The predicted octanol–water partition coefficient (Wildman–Crippen LogP) is 2.96. The number of rotatable bonds is 5. The maximum Gasteiger partial charge on any atom is 0.275 e. The van der Waals surface area contributed by atoms with Gasteiger partial charge in [-0.05, 0) is 29.8 Å². The molecule has 1 saturated heterocycles. The van der Waals surface area contributed by atoms with E-state index in [0.717, 1.165) is 11.3 Å². The van der Waals surface area contributed by atoms with Crippen molar-refractivity contribution in [2.24, 2.45) is 0 Å². The number of amides is 1. The summed E-state index contributed by atoms with van der Waals surface area (Å²) >= 11 is 0. The number of furan rings is 1. The largest absolute Gasteiger partial charge is 0.463 e. The van der Waals surface area contributed by atoms with Crippen LogP contribution in [0.5, 0.6) is 11.5 Å². The lowest BCUT2D eigenvalue weighted by atomic mass is 10.1. The predicted molar refractivity (Wildman–Crippen MR) is 105 cm³/mol. The average molecular weight is 419 g/mol. The Morgan fingerprint density at radius 1 is 1.16 bits per heavy atom. The molecule has 1 unspecified atom stereocenters. The summed E-state index contributed by atoms with van der Waals surface area (Å²) in [7, 11) is 0. The van der Waals surface area contributed by atoms with Crippen LogP contribution in [0.1, 0.15) is 23.7 Å². The summed E-state index contributed by atoms with van der Waals surface area (Å²) in [6.45, 7) is 1.24. The summed E-state index contributed by atoms with van der Waals surface area (Å²) in [5.74, 6) is 2.82. The third kappa shape index (κ3) is 3.21. The Morgan fingerprint density at radius 2 is 2.10 bits per heavy atom. The molecule has 3 aromatic heterocycles. The van der Waals surface area contributed by atoms with Crippen molar-refractivity contribution in [1.29, 1.82) is 0 Å². The Balaban J connectivity index is 1.16. The van der Waals surface area contributed by atoms with Crippen LogP contribution < -0.4 is 9.47 Å². The van der Waals surface area contributed by atoms with Gasteiger partial charge >= 0.3 is 0 Å². The van der Waals surface area contributed by atoms with Gasteiger partial charge in [-0.15, -0.1) is 0 Å². The fourth-order valence-corrected chi connectivity index (χ4v) is 3.85. The van der Waals surface area contributed by atoms with E-state index in [1.54, 1.807) is 23.3 Å². The minimum absolute atomic E-state index is 0.0515. The summed E-state index contributed by atoms with van der Waals surface area (Å²) in [4.78, 5) is 18.8. The van der Waals surface area contributed by atoms with E-state index in [2.05, 4.69) is 20.3 Å². The molecule has 1 N–H and O–H groups in total. The third-order valence-corrected chi connectivity index (χ3v) is 5.41. The van der Waals surface area contributed by atoms with Gasteiger partial charge in [-0.1, -0.05) is 11.2 Å². The molecule has 4 aromatic rings. The van der Waals surface area contributed by atoms with Crippen molar-refractivity contribution in [3.05, 3.63) is 54.0 Å². The topological polar surface area (TPSA) is 120 Å². The highest BCUT2D eigenvalue weighted by Gasteiger charge is 2.34. The molecule has 0 bridgehead atoms. The molecule has 1 fully saturated rings. The smallest absolute Gasteiger partial charge is 0.275 e. The highest BCUT2D eigenvalue weighted by atomic mass is 16.7. The van der Waals surface area contributed by atoms with Gasteiger partial charge in [-0.25, -0.2) is 0 Å². The van der Waals surface area contributed by atoms with Gasteiger partial charge in [0.15, 0.2) is 23.1 Å². The molecule has 0 saturated carbocycles. The molecule has 2 aliphatic rings. The standard InChI is InChI=1S/C21H17N5O5/c27-19-7-13(10-26(19)9-12-3-4-17-18(6-12)30-11-29-17)20-22-21(31-25-20)15-8-14(23-24-15)16-2-1-5-28-16/h1-6,8,13H,7,9-11H2,(H,23,24). The summed E-state index contributed by atoms with van der Waals surface area (Å²) in [6.07, 6.45) is 1.92. The maximum absolute atomic E-state index is 12.6. The van der Waals surface area contributed by atoms with Gasteiger partial charge in [-0.2, -0.15) is 10.1 Å². The SMILES string of the molecule is O=C1CC(c2noc(-c3cc(-c4ccco4)n[nH]3)n2)CN1Cc1ccc2c(c1)OCO2. The van der Waals surface area contributed by atoms with E-state index in [0.29, 0.717) is 54.1 Å².